The van der Waals surface area contributed by atoms with Gasteiger partial charge in [-0.2, -0.15) is 10.2 Å². The third-order valence-electron chi connectivity index (χ3n) is 8.89. The summed E-state index contributed by atoms with van der Waals surface area (Å²) in [6.07, 6.45) is 6.14. The molecule has 2 amide bonds. The summed E-state index contributed by atoms with van der Waals surface area (Å²) in [6, 6.07) is 22.7. The van der Waals surface area contributed by atoms with Crippen LogP contribution in [0.25, 0.3) is 10.9 Å². The third-order valence-corrected chi connectivity index (χ3v) is 8.89. The maximum Gasteiger partial charge on any atom is 0.271 e. The van der Waals surface area contributed by atoms with Gasteiger partial charge in [-0.15, -0.1) is 0 Å². The first kappa shape index (κ1) is 36.7. The van der Waals surface area contributed by atoms with Gasteiger partial charge < -0.3 is 23.5 Å². The molecule has 52 heavy (non-hydrogen) atoms. The summed E-state index contributed by atoms with van der Waals surface area (Å²) < 4.78 is 24.7. The molecule has 0 unspecified atom stereocenters. The average Bonchev–Trinajstić information content (AvgIpc) is 3.58. The van der Waals surface area contributed by atoms with E-state index in [4.69, 9.17) is 18.9 Å². The lowest BCUT2D eigenvalue weighted by Crippen LogP contribution is -2.38. The Morgan fingerprint density at radius 1 is 0.712 bits per heavy atom. The Bertz CT molecular complexity index is 1810. The van der Waals surface area contributed by atoms with E-state index in [1.54, 1.807) is 18.5 Å². The number of aryl methyl sites for hydroxylation is 1. The van der Waals surface area contributed by atoms with Crippen molar-refractivity contribution in [2.75, 3.05) is 78.9 Å². The zero-order valence-electron chi connectivity index (χ0n) is 29.5. The lowest BCUT2D eigenvalue weighted by Gasteiger charge is -2.26. The fourth-order valence-corrected chi connectivity index (χ4v) is 6.02. The minimum Gasteiger partial charge on any atom is -0.492 e. The first-order valence-electron chi connectivity index (χ1n) is 17.9. The third kappa shape index (κ3) is 11.5. The fraction of sp³-hybridized carbons (Fsp3) is 0.385. The van der Waals surface area contributed by atoms with E-state index in [9.17, 15) is 9.59 Å². The molecule has 0 atom stereocenters. The van der Waals surface area contributed by atoms with Crippen LogP contribution < -0.4 is 20.3 Å². The van der Waals surface area contributed by atoms with E-state index in [1.165, 1.54) is 0 Å². The standard InChI is InChI=1S/C39H47N7O6/c47-38(42-40-29-31-4-1-6-35(26-31)51-24-18-44-14-20-49-21-15-44)8-3-12-46-13-11-33-28-34(9-10-37(33)46)39(48)43-41-30-32-5-2-7-36(27-32)52-25-19-45-16-22-50-23-17-45/h1-2,4-7,9-11,13,26-30H,3,8,12,14-25H2,(H,42,47)(H,43,48)/b40-29+,41-30+. The van der Waals surface area contributed by atoms with Crippen molar-refractivity contribution in [3.05, 3.63) is 95.7 Å². The van der Waals surface area contributed by atoms with E-state index >= 15 is 0 Å². The van der Waals surface area contributed by atoms with Crippen molar-refractivity contribution in [2.24, 2.45) is 10.2 Å². The van der Waals surface area contributed by atoms with Crippen LogP contribution in [0.2, 0.25) is 0 Å². The van der Waals surface area contributed by atoms with E-state index < -0.39 is 0 Å². The van der Waals surface area contributed by atoms with Crippen LogP contribution in [0.4, 0.5) is 0 Å². The average molecular weight is 710 g/mol. The second-order valence-electron chi connectivity index (χ2n) is 12.6. The van der Waals surface area contributed by atoms with Gasteiger partial charge in [-0.3, -0.25) is 19.4 Å². The number of carbonyl (C=O) groups excluding carboxylic acids is 2. The second kappa shape index (κ2) is 19.5. The zero-order valence-corrected chi connectivity index (χ0v) is 29.5. The number of nitrogens with zero attached hydrogens (tertiary/aromatic N) is 5. The molecule has 2 aliphatic rings. The molecular weight excluding hydrogens is 662 g/mol. The van der Waals surface area contributed by atoms with Gasteiger partial charge in [-0.25, -0.2) is 10.9 Å². The van der Waals surface area contributed by atoms with E-state index in [2.05, 4.69) is 35.4 Å². The van der Waals surface area contributed by atoms with Crippen molar-refractivity contribution in [1.82, 2.24) is 25.2 Å². The molecule has 0 radical (unpaired) electrons. The van der Waals surface area contributed by atoms with Gasteiger partial charge in [0.2, 0.25) is 5.91 Å². The number of nitrogens with one attached hydrogen (secondary N) is 2. The van der Waals surface area contributed by atoms with Gasteiger partial charge in [0.05, 0.1) is 38.9 Å². The maximum absolute atomic E-state index is 12.8. The number of aromatic nitrogens is 1. The topological polar surface area (TPSA) is 131 Å². The van der Waals surface area contributed by atoms with E-state index in [-0.39, 0.29) is 11.8 Å². The Hall–Kier alpha value is -5.08. The highest BCUT2D eigenvalue weighted by Gasteiger charge is 2.12. The molecule has 2 aliphatic heterocycles. The Labute approximate surface area is 304 Å². The summed E-state index contributed by atoms with van der Waals surface area (Å²) in [7, 11) is 0. The summed E-state index contributed by atoms with van der Waals surface area (Å²) in [5, 5.41) is 9.22. The number of amides is 2. The molecule has 13 nitrogen and oxygen atoms in total. The molecule has 2 fully saturated rings. The van der Waals surface area contributed by atoms with E-state index in [0.717, 1.165) is 99.2 Å². The molecule has 0 spiro atoms. The Balaban J connectivity index is 0.898. The molecule has 0 saturated carbocycles. The number of benzene rings is 3. The molecule has 6 rings (SSSR count). The molecular formula is C39H47N7O6. The number of ether oxygens (including phenoxy) is 4. The van der Waals surface area contributed by atoms with Gasteiger partial charge in [-0.1, -0.05) is 24.3 Å². The monoisotopic (exact) mass is 709 g/mol. The molecule has 274 valence electrons. The first-order valence-corrected chi connectivity index (χ1v) is 17.9. The summed E-state index contributed by atoms with van der Waals surface area (Å²) in [4.78, 5) is 29.9. The van der Waals surface area contributed by atoms with Crippen molar-refractivity contribution in [3.63, 3.8) is 0 Å². The molecule has 0 aliphatic carbocycles. The largest absolute Gasteiger partial charge is 0.492 e. The van der Waals surface area contributed by atoms with Crippen LogP contribution in [0.5, 0.6) is 11.5 Å². The quantitative estimate of drug-likeness (QED) is 0.125. The lowest BCUT2D eigenvalue weighted by molar-refractivity contribution is -0.121. The van der Waals surface area contributed by atoms with Gasteiger partial charge in [-0.05, 0) is 66.1 Å². The molecule has 4 aromatic rings. The van der Waals surface area contributed by atoms with E-state index in [0.29, 0.717) is 38.2 Å². The second-order valence-corrected chi connectivity index (χ2v) is 12.6. The van der Waals surface area contributed by atoms with Crippen LogP contribution in [-0.4, -0.2) is 118 Å². The summed E-state index contributed by atoms with van der Waals surface area (Å²) in [6.45, 7) is 10.3. The SMILES string of the molecule is O=C(CCCn1ccc2cc(C(=O)N/N=C/c3cccc(OCCN4CCOCC4)c3)ccc21)N/N=C/c1cccc(OCCN2CCOCC2)c1. The number of rotatable bonds is 17. The Kier molecular flexibility index (Phi) is 13.8. The molecule has 1 aromatic heterocycles. The van der Waals surface area contributed by atoms with Crippen molar-refractivity contribution < 1.29 is 28.5 Å². The number of hydrazone groups is 2. The Morgan fingerprint density at radius 3 is 1.92 bits per heavy atom. The van der Waals surface area contributed by atoms with Crippen molar-refractivity contribution in [1.29, 1.82) is 0 Å². The van der Waals surface area contributed by atoms with Crippen molar-refractivity contribution in [2.45, 2.75) is 19.4 Å². The zero-order chi connectivity index (χ0) is 35.8. The summed E-state index contributed by atoms with van der Waals surface area (Å²) in [5.74, 6) is 1.06. The molecule has 13 heteroatoms. The summed E-state index contributed by atoms with van der Waals surface area (Å²) >= 11 is 0. The van der Waals surface area contributed by atoms with Gasteiger partial charge in [0.25, 0.3) is 5.91 Å². The lowest BCUT2D eigenvalue weighted by atomic mass is 10.1. The van der Waals surface area contributed by atoms with Crippen molar-refractivity contribution in [3.8, 4) is 11.5 Å². The molecule has 3 heterocycles. The minimum absolute atomic E-state index is 0.159. The van der Waals surface area contributed by atoms with Gasteiger partial charge in [0.1, 0.15) is 24.7 Å². The highest BCUT2D eigenvalue weighted by molar-refractivity contribution is 5.98. The highest BCUT2D eigenvalue weighted by Crippen LogP contribution is 2.19. The fourth-order valence-electron chi connectivity index (χ4n) is 6.02. The van der Waals surface area contributed by atoms with Crippen LogP contribution in [0, 0.1) is 0 Å². The normalized spacial score (nSPS) is 15.7. The summed E-state index contributed by atoms with van der Waals surface area (Å²) in [5.41, 5.74) is 8.39. The van der Waals surface area contributed by atoms with Crippen molar-refractivity contribution >= 4 is 35.1 Å². The highest BCUT2D eigenvalue weighted by atomic mass is 16.5. The number of morpholine rings is 2. The minimum atomic E-state index is -0.302. The number of carbonyl (C=O) groups is 2. The van der Waals surface area contributed by atoms with Crippen LogP contribution in [-0.2, 0) is 20.8 Å². The van der Waals surface area contributed by atoms with Crippen LogP contribution in [0.15, 0.2) is 89.2 Å². The predicted octanol–water partition coefficient (Wildman–Crippen LogP) is 3.76. The Morgan fingerprint density at radius 2 is 1.31 bits per heavy atom. The van der Waals surface area contributed by atoms with Gasteiger partial charge in [0, 0.05) is 74.9 Å². The molecule has 2 saturated heterocycles. The van der Waals surface area contributed by atoms with Crippen LogP contribution in [0.3, 0.4) is 0 Å². The molecule has 0 bridgehead atoms. The van der Waals surface area contributed by atoms with E-state index in [1.807, 2.05) is 72.9 Å². The number of hydrogen-bond donors (Lipinski definition) is 2. The van der Waals surface area contributed by atoms with Crippen LogP contribution >= 0.6 is 0 Å². The van der Waals surface area contributed by atoms with Crippen LogP contribution in [0.1, 0.15) is 34.3 Å². The van der Waals surface area contributed by atoms with Gasteiger partial charge >= 0.3 is 0 Å². The molecule has 3 aromatic carbocycles. The predicted molar refractivity (Wildman–Crippen MR) is 200 cm³/mol. The number of hydrogen-bond acceptors (Lipinski definition) is 10. The smallest absolute Gasteiger partial charge is 0.271 e. The first-order chi connectivity index (χ1) is 25.6. The molecule has 2 N–H and O–H groups in total. The maximum atomic E-state index is 12.8. The number of fused-ring (bicyclic) bond motifs is 1. The van der Waals surface area contributed by atoms with Gasteiger partial charge in [0.15, 0.2) is 0 Å².